The van der Waals surface area contributed by atoms with E-state index in [2.05, 4.69) is 25.0 Å². The first-order valence-electron chi connectivity index (χ1n) is 8.84. The molecule has 0 aliphatic carbocycles. The number of benzene rings is 2. The SMILES string of the molecule is COc1cccc(C(=O)Nc2nc(-c3nnn(-c4ccccc4C)c3C)ns2)c1. The van der Waals surface area contributed by atoms with Crippen LogP contribution in [-0.2, 0) is 0 Å². The Labute approximate surface area is 171 Å². The van der Waals surface area contributed by atoms with Crippen LogP contribution in [0.25, 0.3) is 17.2 Å². The van der Waals surface area contributed by atoms with E-state index in [4.69, 9.17) is 4.74 Å². The number of aryl methyl sites for hydroxylation is 1. The molecule has 0 radical (unpaired) electrons. The van der Waals surface area contributed by atoms with Crippen molar-refractivity contribution < 1.29 is 9.53 Å². The van der Waals surface area contributed by atoms with Gasteiger partial charge in [0.2, 0.25) is 5.13 Å². The lowest BCUT2D eigenvalue weighted by molar-refractivity contribution is 0.102. The van der Waals surface area contributed by atoms with Gasteiger partial charge in [0.25, 0.3) is 5.91 Å². The number of hydrogen-bond donors (Lipinski definition) is 1. The van der Waals surface area contributed by atoms with Crippen LogP contribution >= 0.6 is 11.5 Å². The predicted molar refractivity (Wildman–Crippen MR) is 111 cm³/mol. The van der Waals surface area contributed by atoms with Crippen molar-refractivity contribution in [1.29, 1.82) is 0 Å². The highest BCUT2D eigenvalue weighted by atomic mass is 32.1. The molecule has 4 rings (SSSR count). The first kappa shape index (κ1) is 18.8. The van der Waals surface area contributed by atoms with Gasteiger partial charge < -0.3 is 4.74 Å². The summed E-state index contributed by atoms with van der Waals surface area (Å²) in [7, 11) is 1.56. The van der Waals surface area contributed by atoms with Crippen molar-refractivity contribution in [1.82, 2.24) is 24.4 Å². The summed E-state index contributed by atoms with van der Waals surface area (Å²) < 4.78 is 11.3. The molecular weight excluding hydrogens is 388 g/mol. The van der Waals surface area contributed by atoms with Gasteiger partial charge in [-0.05, 0) is 43.7 Å². The Hall–Kier alpha value is -3.59. The standard InChI is InChI=1S/C20H18N6O2S/c1-12-7-4-5-10-16(12)26-13(2)17(23-25-26)18-21-20(29-24-18)22-19(27)14-8-6-9-15(11-14)28-3/h4-11H,1-3H3,(H,21,22,24,27). The lowest BCUT2D eigenvalue weighted by Gasteiger charge is -2.06. The van der Waals surface area contributed by atoms with Crippen LogP contribution in [0.3, 0.4) is 0 Å². The first-order chi connectivity index (χ1) is 14.1. The van der Waals surface area contributed by atoms with Crippen LogP contribution in [0.1, 0.15) is 21.6 Å². The lowest BCUT2D eigenvalue weighted by Crippen LogP contribution is -2.11. The predicted octanol–water partition coefficient (Wildman–Crippen LogP) is 3.66. The number of rotatable bonds is 5. The van der Waals surface area contributed by atoms with Gasteiger partial charge in [0.05, 0.1) is 18.5 Å². The van der Waals surface area contributed by atoms with E-state index in [0.29, 0.717) is 28.0 Å². The highest BCUT2D eigenvalue weighted by molar-refractivity contribution is 7.10. The smallest absolute Gasteiger partial charge is 0.257 e. The van der Waals surface area contributed by atoms with Gasteiger partial charge in [0, 0.05) is 17.1 Å². The Morgan fingerprint density at radius 2 is 1.97 bits per heavy atom. The van der Waals surface area contributed by atoms with Crippen molar-refractivity contribution in [3.05, 3.63) is 65.4 Å². The van der Waals surface area contributed by atoms with E-state index < -0.39 is 0 Å². The number of nitrogens with zero attached hydrogens (tertiary/aromatic N) is 5. The molecule has 2 heterocycles. The second-order valence-electron chi connectivity index (χ2n) is 6.33. The molecule has 0 saturated carbocycles. The minimum atomic E-state index is -0.285. The summed E-state index contributed by atoms with van der Waals surface area (Å²) in [4.78, 5) is 16.9. The van der Waals surface area contributed by atoms with Crippen LogP contribution in [0, 0.1) is 13.8 Å². The summed E-state index contributed by atoms with van der Waals surface area (Å²) in [6, 6.07) is 14.8. The van der Waals surface area contributed by atoms with Gasteiger partial charge in [-0.2, -0.15) is 9.36 Å². The van der Waals surface area contributed by atoms with Crippen LogP contribution in [-0.4, -0.2) is 37.4 Å². The highest BCUT2D eigenvalue weighted by Crippen LogP contribution is 2.25. The molecule has 0 spiro atoms. The van der Waals surface area contributed by atoms with Crippen molar-refractivity contribution in [2.45, 2.75) is 13.8 Å². The molecule has 2 aromatic heterocycles. The van der Waals surface area contributed by atoms with Crippen LogP contribution < -0.4 is 10.1 Å². The third-order valence-electron chi connectivity index (χ3n) is 4.43. The molecule has 0 aliphatic heterocycles. The number of carbonyl (C=O) groups is 1. The van der Waals surface area contributed by atoms with E-state index in [1.807, 2.05) is 38.1 Å². The van der Waals surface area contributed by atoms with Crippen molar-refractivity contribution >= 4 is 22.6 Å². The number of aromatic nitrogens is 5. The Bertz CT molecular complexity index is 1180. The van der Waals surface area contributed by atoms with E-state index in [0.717, 1.165) is 28.5 Å². The third-order valence-corrected chi connectivity index (χ3v) is 5.06. The first-order valence-corrected chi connectivity index (χ1v) is 9.62. The average molecular weight is 406 g/mol. The topological polar surface area (TPSA) is 94.8 Å². The van der Waals surface area contributed by atoms with Crippen LogP contribution in [0.5, 0.6) is 5.75 Å². The van der Waals surface area contributed by atoms with Gasteiger partial charge in [-0.1, -0.05) is 29.5 Å². The van der Waals surface area contributed by atoms with Crippen LogP contribution in [0.15, 0.2) is 48.5 Å². The van der Waals surface area contributed by atoms with Gasteiger partial charge in [-0.15, -0.1) is 5.10 Å². The molecule has 1 N–H and O–H groups in total. The minimum absolute atomic E-state index is 0.285. The summed E-state index contributed by atoms with van der Waals surface area (Å²) in [5.41, 5.74) is 3.91. The van der Waals surface area contributed by atoms with Gasteiger partial charge in [-0.3, -0.25) is 10.1 Å². The molecule has 0 fully saturated rings. The largest absolute Gasteiger partial charge is 0.497 e. The Morgan fingerprint density at radius 1 is 1.14 bits per heavy atom. The van der Waals surface area contributed by atoms with E-state index in [-0.39, 0.29) is 5.91 Å². The van der Waals surface area contributed by atoms with Gasteiger partial charge >= 0.3 is 0 Å². The number of para-hydroxylation sites is 1. The van der Waals surface area contributed by atoms with Crippen molar-refractivity contribution in [2.24, 2.45) is 0 Å². The Balaban J connectivity index is 1.57. The van der Waals surface area contributed by atoms with Crippen molar-refractivity contribution in [3.63, 3.8) is 0 Å². The number of anilines is 1. The maximum atomic E-state index is 12.5. The molecule has 0 aliphatic rings. The monoisotopic (exact) mass is 406 g/mol. The van der Waals surface area contributed by atoms with Crippen molar-refractivity contribution in [3.8, 4) is 23.0 Å². The minimum Gasteiger partial charge on any atom is -0.497 e. The molecule has 8 nitrogen and oxygen atoms in total. The molecular formula is C20H18N6O2S. The Kier molecular flexibility index (Phi) is 5.05. The molecule has 29 heavy (non-hydrogen) atoms. The summed E-state index contributed by atoms with van der Waals surface area (Å²) in [5.74, 6) is 0.749. The zero-order chi connectivity index (χ0) is 20.4. The van der Waals surface area contributed by atoms with Crippen molar-refractivity contribution in [2.75, 3.05) is 12.4 Å². The third kappa shape index (κ3) is 3.72. The van der Waals surface area contributed by atoms with E-state index in [9.17, 15) is 4.79 Å². The quantitative estimate of drug-likeness (QED) is 0.543. The fraction of sp³-hybridized carbons (Fsp3) is 0.150. The average Bonchev–Trinajstić information content (AvgIpc) is 3.35. The molecule has 1 amide bonds. The molecule has 9 heteroatoms. The number of amides is 1. The summed E-state index contributed by atoms with van der Waals surface area (Å²) in [6.45, 7) is 3.93. The fourth-order valence-corrected chi connectivity index (χ4v) is 3.44. The fourth-order valence-electron chi connectivity index (χ4n) is 2.87. The highest BCUT2D eigenvalue weighted by Gasteiger charge is 2.18. The zero-order valence-electron chi connectivity index (χ0n) is 16.1. The molecule has 0 saturated heterocycles. The van der Waals surface area contributed by atoms with Gasteiger partial charge in [0.15, 0.2) is 11.5 Å². The number of ether oxygens (including phenoxy) is 1. The van der Waals surface area contributed by atoms with E-state index in [1.165, 1.54) is 0 Å². The molecule has 0 bridgehead atoms. The van der Waals surface area contributed by atoms with Gasteiger partial charge in [0.1, 0.15) is 5.75 Å². The maximum absolute atomic E-state index is 12.5. The van der Waals surface area contributed by atoms with Crippen LogP contribution in [0.4, 0.5) is 5.13 Å². The number of nitrogens with one attached hydrogen (secondary N) is 1. The van der Waals surface area contributed by atoms with E-state index in [1.54, 1.807) is 36.1 Å². The number of methoxy groups -OCH3 is 1. The number of carbonyl (C=O) groups excluding carboxylic acids is 1. The molecule has 0 unspecified atom stereocenters. The second-order valence-corrected chi connectivity index (χ2v) is 7.08. The molecule has 0 atom stereocenters. The summed E-state index contributed by atoms with van der Waals surface area (Å²) in [6.07, 6.45) is 0. The zero-order valence-corrected chi connectivity index (χ0v) is 16.9. The Morgan fingerprint density at radius 3 is 2.76 bits per heavy atom. The summed E-state index contributed by atoms with van der Waals surface area (Å²) >= 11 is 1.09. The summed E-state index contributed by atoms with van der Waals surface area (Å²) in [5, 5.41) is 11.6. The van der Waals surface area contributed by atoms with E-state index >= 15 is 0 Å². The normalized spacial score (nSPS) is 10.7. The molecule has 4 aromatic rings. The second kappa shape index (κ2) is 7.80. The number of hydrogen-bond acceptors (Lipinski definition) is 7. The lowest BCUT2D eigenvalue weighted by atomic mass is 10.2. The molecule has 2 aromatic carbocycles. The van der Waals surface area contributed by atoms with Gasteiger partial charge in [-0.25, -0.2) is 4.68 Å². The maximum Gasteiger partial charge on any atom is 0.257 e. The van der Waals surface area contributed by atoms with Crippen LogP contribution in [0.2, 0.25) is 0 Å². The molecule has 146 valence electrons.